The number of carbonyl (C=O) groups excluding carboxylic acids is 1. The lowest BCUT2D eigenvalue weighted by molar-refractivity contribution is -0.142. The summed E-state index contributed by atoms with van der Waals surface area (Å²) in [6.45, 7) is 3.76. The molecule has 1 aromatic carbocycles. The van der Waals surface area contributed by atoms with Gasteiger partial charge < -0.3 is 9.47 Å². The molecule has 19 heavy (non-hydrogen) atoms. The first kappa shape index (κ1) is 15.5. The van der Waals surface area contributed by atoms with E-state index in [9.17, 15) is 13.2 Å². The number of benzene rings is 1. The highest BCUT2D eigenvalue weighted by molar-refractivity contribution is 7.89. The van der Waals surface area contributed by atoms with E-state index < -0.39 is 22.0 Å². The van der Waals surface area contributed by atoms with Crippen LogP contribution in [0.1, 0.15) is 13.8 Å². The van der Waals surface area contributed by atoms with Crippen LogP contribution in [0.3, 0.4) is 0 Å². The fourth-order valence-corrected chi connectivity index (χ4v) is 2.60. The van der Waals surface area contributed by atoms with Crippen LogP contribution in [0.5, 0.6) is 5.75 Å². The number of esters is 1. The molecular weight excluding hydrogens is 270 g/mol. The zero-order valence-electron chi connectivity index (χ0n) is 11.0. The second-order valence-electron chi connectivity index (χ2n) is 3.77. The van der Waals surface area contributed by atoms with E-state index in [0.29, 0.717) is 12.4 Å². The minimum absolute atomic E-state index is 0.0618. The first-order chi connectivity index (χ1) is 8.90. The van der Waals surface area contributed by atoms with Crippen molar-refractivity contribution in [1.82, 2.24) is 4.72 Å². The fourth-order valence-electron chi connectivity index (χ4n) is 1.41. The maximum Gasteiger partial charge on any atom is 0.323 e. The van der Waals surface area contributed by atoms with Gasteiger partial charge in [-0.25, -0.2) is 8.42 Å². The van der Waals surface area contributed by atoms with E-state index in [1.54, 1.807) is 12.1 Å². The molecule has 0 aliphatic carbocycles. The van der Waals surface area contributed by atoms with Crippen molar-refractivity contribution in [3.8, 4) is 5.75 Å². The van der Waals surface area contributed by atoms with Gasteiger partial charge in [-0.05, 0) is 38.1 Å². The van der Waals surface area contributed by atoms with Gasteiger partial charge in [-0.15, -0.1) is 0 Å². The van der Waals surface area contributed by atoms with Gasteiger partial charge in [-0.3, -0.25) is 4.79 Å². The van der Waals surface area contributed by atoms with Crippen molar-refractivity contribution in [2.75, 3.05) is 13.7 Å². The fraction of sp³-hybridized carbons (Fsp3) is 0.417. The molecule has 1 atom stereocenters. The normalized spacial score (nSPS) is 12.8. The molecular formula is C12H17NO5S. The molecule has 1 aromatic rings. The maximum atomic E-state index is 12.0. The number of hydrogen-bond donors (Lipinski definition) is 1. The number of hydrogen-bond acceptors (Lipinski definition) is 5. The van der Waals surface area contributed by atoms with Gasteiger partial charge in [0, 0.05) is 0 Å². The number of ether oxygens (including phenoxy) is 2. The van der Waals surface area contributed by atoms with Crippen molar-refractivity contribution in [2.45, 2.75) is 24.8 Å². The quantitative estimate of drug-likeness (QED) is 0.787. The van der Waals surface area contributed by atoms with Crippen LogP contribution in [0.4, 0.5) is 0 Å². The van der Waals surface area contributed by atoms with Crippen LogP contribution in [-0.2, 0) is 19.6 Å². The van der Waals surface area contributed by atoms with Crippen LogP contribution in [0.25, 0.3) is 0 Å². The summed E-state index contributed by atoms with van der Waals surface area (Å²) in [6.07, 6.45) is 0. The van der Waals surface area contributed by atoms with Crippen LogP contribution in [0.2, 0.25) is 0 Å². The van der Waals surface area contributed by atoms with E-state index in [2.05, 4.69) is 9.46 Å². The Morgan fingerprint density at radius 2 is 1.89 bits per heavy atom. The second kappa shape index (κ2) is 6.53. The number of rotatable bonds is 6. The summed E-state index contributed by atoms with van der Waals surface area (Å²) in [5.74, 6) is -0.0584. The third kappa shape index (κ3) is 4.22. The molecule has 0 heterocycles. The minimum atomic E-state index is -3.75. The first-order valence-electron chi connectivity index (χ1n) is 5.73. The van der Waals surface area contributed by atoms with Gasteiger partial charge in [-0.1, -0.05) is 0 Å². The van der Waals surface area contributed by atoms with Crippen molar-refractivity contribution >= 4 is 16.0 Å². The van der Waals surface area contributed by atoms with Crippen LogP contribution >= 0.6 is 0 Å². The lowest BCUT2D eigenvalue weighted by Crippen LogP contribution is -2.39. The molecule has 1 rings (SSSR count). The Bertz CT molecular complexity index is 524. The highest BCUT2D eigenvalue weighted by Crippen LogP contribution is 2.16. The summed E-state index contributed by atoms with van der Waals surface area (Å²) >= 11 is 0. The molecule has 0 spiro atoms. The molecule has 0 saturated carbocycles. The van der Waals surface area contributed by atoms with Gasteiger partial charge in [0.15, 0.2) is 0 Å². The Morgan fingerprint density at radius 3 is 2.37 bits per heavy atom. The van der Waals surface area contributed by atoms with Crippen LogP contribution in [0.15, 0.2) is 29.2 Å². The van der Waals surface area contributed by atoms with Gasteiger partial charge in [0.05, 0.1) is 18.6 Å². The highest BCUT2D eigenvalue weighted by Gasteiger charge is 2.22. The standard InChI is InChI=1S/C12H17NO5S/c1-4-18-10-5-7-11(8-6-10)19(15,16)13-9(2)12(14)17-3/h5-9,13H,4H2,1-3H3. The minimum Gasteiger partial charge on any atom is -0.494 e. The average Bonchev–Trinajstić information content (AvgIpc) is 2.38. The molecule has 1 N–H and O–H groups in total. The average molecular weight is 287 g/mol. The first-order valence-corrected chi connectivity index (χ1v) is 7.22. The predicted molar refractivity (Wildman–Crippen MR) is 69.4 cm³/mol. The van der Waals surface area contributed by atoms with Gasteiger partial charge in [0.2, 0.25) is 10.0 Å². The zero-order valence-corrected chi connectivity index (χ0v) is 11.9. The smallest absolute Gasteiger partial charge is 0.323 e. The van der Waals surface area contributed by atoms with Crippen molar-refractivity contribution in [3.63, 3.8) is 0 Å². The third-order valence-corrected chi connectivity index (χ3v) is 3.89. The maximum absolute atomic E-state index is 12.0. The Morgan fingerprint density at radius 1 is 1.32 bits per heavy atom. The van der Waals surface area contributed by atoms with Crippen molar-refractivity contribution in [1.29, 1.82) is 0 Å². The molecule has 0 aromatic heterocycles. The number of carbonyl (C=O) groups is 1. The molecule has 0 aliphatic rings. The second-order valence-corrected chi connectivity index (χ2v) is 5.48. The molecule has 0 aliphatic heterocycles. The predicted octanol–water partition coefficient (Wildman–Crippen LogP) is 0.925. The van der Waals surface area contributed by atoms with Crippen molar-refractivity contribution in [2.24, 2.45) is 0 Å². The van der Waals surface area contributed by atoms with Crippen LogP contribution in [0, 0.1) is 0 Å². The van der Waals surface area contributed by atoms with E-state index in [0.717, 1.165) is 0 Å². The van der Waals surface area contributed by atoms with Crippen molar-refractivity contribution in [3.05, 3.63) is 24.3 Å². The van der Waals surface area contributed by atoms with Crippen LogP contribution in [-0.4, -0.2) is 34.1 Å². The van der Waals surface area contributed by atoms with Gasteiger partial charge in [0.1, 0.15) is 11.8 Å². The molecule has 0 radical (unpaired) electrons. The van der Waals surface area contributed by atoms with E-state index in [1.807, 2.05) is 6.92 Å². The summed E-state index contributed by atoms with van der Waals surface area (Å²) in [4.78, 5) is 11.3. The highest BCUT2D eigenvalue weighted by atomic mass is 32.2. The Labute approximate surface area is 112 Å². The third-order valence-electron chi connectivity index (χ3n) is 2.33. The number of nitrogens with one attached hydrogen (secondary N) is 1. The van der Waals surface area contributed by atoms with E-state index >= 15 is 0 Å². The van der Waals surface area contributed by atoms with Gasteiger partial charge >= 0.3 is 5.97 Å². The summed E-state index contributed by atoms with van der Waals surface area (Å²) < 4.78 is 35.9. The topological polar surface area (TPSA) is 81.7 Å². The molecule has 0 bridgehead atoms. The number of sulfonamides is 1. The largest absolute Gasteiger partial charge is 0.494 e. The number of methoxy groups -OCH3 is 1. The van der Waals surface area contributed by atoms with E-state index in [-0.39, 0.29) is 4.90 Å². The molecule has 7 heteroatoms. The lowest BCUT2D eigenvalue weighted by Gasteiger charge is -2.12. The molecule has 1 unspecified atom stereocenters. The summed E-state index contributed by atoms with van der Waals surface area (Å²) in [6, 6.07) is 5.00. The molecule has 106 valence electrons. The van der Waals surface area contributed by atoms with E-state index in [1.165, 1.54) is 26.2 Å². The molecule has 0 amide bonds. The molecule has 0 fully saturated rings. The van der Waals surface area contributed by atoms with Gasteiger partial charge in [0.25, 0.3) is 0 Å². The van der Waals surface area contributed by atoms with Crippen LogP contribution < -0.4 is 9.46 Å². The summed E-state index contributed by atoms with van der Waals surface area (Å²) in [5, 5.41) is 0. The zero-order chi connectivity index (χ0) is 14.5. The van der Waals surface area contributed by atoms with Gasteiger partial charge in [-0.2, -0.15) is 4.72 Å². The monoisotopic (exact) mass is 287 g/mol. The molecule has 6 nitrogen and oxygen atoms in total. The Balaban J connectivity index is 2.85. The van der Waals surface area contributed by atoms with Crippen molar-refractivity contribution < 1.29 is 22.7 Å². The Hall–Kier alpha value is -1.60. The Kier molecular flexibility index (Phi) is 5.31. The van der Waals surface area contributed by atoms with E-state index in [4.69, 9.17) is 4.74 Å². The molecule has 0 saturated heterocycles. The lowest BCUT2D eigenvalue weighted by atomic mass is 10.3. The SMILES string of the molecule is CCOc1ccc(S(=O)(=O)NC(C)C(=O)OC)cc1. The summed E-state index contributed by atoms with van der Waals surface area (Å²) in [7, 11) is -2.55. The summed E-state index contributed by atoms with van der Waals surface area (Å²) in [5.41, 5.74) is 0.